The van der Waals surface area contributed by atoms with Crippen molar-refractivity contribution >= 4 is 21.7 Å². The maximum Gasteiger partial charge on any atom is 0.140 e. The minimum atomic E-state index is 0.533. The molecule has 0 aromatic carbocycles. The van der Waals surface area contributed by atoms with E-state index >= 15 is 0 Å². The molecule has 0 unspecified atom stereocenters. The molecule has 0 aliphatic carbocycles. The highest BCUT2D eigenvalue weighted by Crippen LogP contribution is 2.24. The highest BCUT2D eigenvalue weighted by Gasteiger charge is 2.17. The van der Waals surface area contributed by atoms with Gasteiger partial charge in [0.25, 0.3) is 0 Å². The van der Waals surface area contributed by atoms with Gasteiger partial charge >= 0.3 is 0 Å². The second-order valence-corrected chi connectivity index (χ2v) is 4.08. The fourth-order valence-electron chi connectivity index (χ4n) is 1.22. The minimum absolute atomic E-state index is 0.533. The van der Waals surface area contributed by atoms with Crippen LogP contribution in [0.4, 0.5) is 5.82 Å². The molecule has 1 saturated heterocycles. The topological polar surface area (TPSA) is 37.0 Å². The van der Waals surface area contributed by atoms with Gasteiger partial charge in [0.05, 0.1) is 10.5 Å². The lowest BCUT2D eigenvalue weighted by Gasteiger charge is -2.28. The van der Waals surface area contributed by atoms with Gasteiger partial charge in [0.15, 0.2) is 0 Å². The molecular weight excluding hydrogens is 230 g/mol. The Kier molecular flexibility index (Phi) is 2.51. The lowest BCUT2D eigenvalue weighted by Crippen LogP contribution is -2.51. The van der Waals surface area contributed by atoms with Gasteiger partial charge in [0, 0.05) is 19.3 Å². The molecule has 13 heavy (non-hydrogen) atoms. The third-order valence-electron chi connectivity index (χ3n) is 2.20. The van der Waals surface area contributed by atoms with Crippen LogP contribution >= 0.6 is 15.9 Å². The summed E-state index contributed by atoms with van der Waals surface area (Å²) in [7, 11) is 0. The van der Waals surface area contributed by atoms with Gasteiger partial charge in [-0.25, -0.2) is 4.98 Å². The molecule has 4 heteroatoms. The molecule has 0 saturated carbocycles. The monoisotopic (exact) mass is 241 g/mol. The van der Waals surface area contributed by atoms with E-state index in [0.29, 0.717) is 6.04 Å². The van der Waals surface area contributed by atoms with Crippen molar-refractivity contribution in [1.82, 2.24) is 10.3 Å². The highest BCUT2D eigenvalue weighted by molar-refractivity contribution is 9.10. The summed E-state index contributed by atoms with van der Waals surface area (Å²) in [6, 6.07) is 2.53. The summed E-state index contributed by atoms with van der Waals surface area (Å²) in [6.07, 6.45) is 1.83. The Morgan fingerprint density at radius 2 is 2.38 bits per heavy atom. The second-order valence-electron chi connectivity index (χ2n) is 3.29. The molecule has 0 amide bonds. The fraction of sp³-hybridized carbons (Fsp3) is 0.444. The standard InChI is InChI=1S/C9H12BrN3/c1-6-2-3-12-9(8(6)10)13-7-4-11-5-7/h2-3,7,11H,4-5H2,1H3,(H,12,13). The van der Waals surface area contributed by atoms with Gasteiger partial charge in [0.1, 0.15) is 5.82 Å². The zero-order valence-corrected chi connectivity index (χ0v) is 9.06. The van der Waals surface area contributed by atoms with Crippen molar-refractivity contribution in [2.75, 3.05) is 18.4 Å². The summed E-state index contributed by atoms with van der Waals surface area (Å²) < 4.78 is 1.07. The van der Waals surface area contributed by atoms with Crippen molar-refractivity contribution in [3.05, 3.63) is 22.3 Å². The maximum absolute atomic E-state index is 4.28. The van der Waals surface area contributed by atoms with Gasteiger partial charge in [-0.2, -0.15) is 0 Å². The number of hydrogen-bond donors (Lipinski definition) is 2. The number of halogens is 1. The molecule has 0 bridgehead atoms. The van der Waals surface area contributed by atoms with E-state index < -0.39 is 0 Å². The molecule has 70 valence electrons. The van der Waals surface area contributed by atoms with Crippen LogP contribution < -0.4 is 10.6 Å². The molecule has 1 fully saturated rings. The van der Waals surface area contributed by atoms with E-state index in [-0.39, 0.29) is 0 Å². The number of nitrogens with zero attached hydrogens (tertiary/aromatic N) is 1. The molecule has 2 heterocycles. The van der Waals surface area contributed by atoms with Gasteiger partial charge < -0.3 is 10.6 Å². The van der Waals surface area contributed by atoms with Crippen LogP contribution in [0.15, 0.2) is 16.7 Å². The first-order valence-electron chi connectivity index (χ1n) is 4.36. The number of aryl methyl sites for hydroxylation is 1. The quantitative estimate of drug-likeness (QED) is 0.825. The van der Waals surface area contributed by atoms with Crippen LogP contribution in [0.1, 0.15) is 5.56 Å². The van der Waals surface area contributed by atoms with E-state index in [2.05, 4.69) is 38.5 Å². The lowest BCUT2D eigenvalue weighted by molar-refractivity contribution is 0.471. The van der Waals surface area contributed by atoms with Crippen LogP contribution in [-0.4, -0.2) is 24.1 Å². The van der Waals surface area contributed by atoms with Crippen LogP contribution in [-0.2, 0) is 0 Å². The first-order valence-corrected chi connectivity index (χ1v) is 5.15. The SMILES string of the molecule is Cc1ccnc(NC2CNC2)c1Br. The van der Waals surface area contributed by atoms with Crippen molar-refractivity contribution < 1.29 is 0 Å². The maximum atomic E-state index is 4.28. The van der Waals surface area contributed by atoms with Crippen LogP contribution in [0, 0.1) is 6.92 Å². The molecule has 0 atom stereocenters. The zero-order chi connectivity index (χ0) is 9.26. The first-order chi connectivity index (χ1) is 6.27. The van der Waals surface area contributed by atoms with Crippen molar-refractivity contribution in [3.63, 3.8) is 0 Å². The molecule has 1 aromatic heterocycles. The number of aromatic nitrogens is 1. The second kappa shape index (κ2) is 3.64. The Balaban J connectivity index is 2.14. The summed E-state index contributed by atoms with van der Waals surface area (Å²) in [5.74, 6) is 0.950. The van der Waals surface area contributed by atoms with Crippen LogP contribution in [0.25, 0.3) is 0 Å². The largest absolute Gasteiger partial charge is 0.364 e. The molecule has 1 aromatic rings. The van der Waals surface area contributed by atoms with E-state index in [1.54, 1.807) is 0 Å². The van der Waals surface area contributed by atoms with Gasteiger partial charge in [-0.1, -0.05) is 0 Å². The molecule has 0 radical (unpaired) electrons. The van der Waals surface area contributed by atoms with Crippen LogP contribution in [0.2, 0.25) is 0 Å². The predicted molar refractivity (Wildman–Crippen MR) is 57.0 cm³/mol. The Bertz CT molecular complexity index is 310. The van der Waals surface area contributed by atoms with E-state index in [9.17, 15) is 0 Å². The summed E-state index contributed by atoms with van der Waals surface area (Å²) in [4.78, 5) is 4.28. The smallest absolute Gasteiger partial charge is 0.140 e. The molecular formula is C9H12BrN3. The number of rotatable bonds is 2. The first kappa shape index (κ1) is 8.97. The average molecular weight is 242 g/mol. The number of nitrogens with one attached hydrogen (secondary N) is 2. The van der Waals surface area contributed by atoms with E-state index in [4.69, 9.17) is 0 Å². The van der Waals surface area contributed by atoms with E-state index in [0.717, 1.165) is 23.4 Å². The molecule has 2 N–H and O–H groups in total. The van der Waals surface area contributed by atoms with Gasteiger partial charge in [-0.3, -0.25) is 0 Å². The zero-order valence-electron chi connectivity index (χ0n) is 7.47. The number of anilines is 1. The Hall–Kier alpha value is -0.610. The Morgan fingerprint density at radius 3 is 3.00 bits per heavy atom. The molecule has 3 nitrogen and oxygen atoms in total. The van der Waals surface area contributed by atoms with Crippen molar-refractivity contribution in [3.8, 4) is 0 Å². The highest BCUT2D eigenvalue weighted by atomic mass is 79.9. The Labute approximate surface area is 86.1 Å². The lowest BCUT2D eigenvalue weighted by atomic mass is 10.2. The molecule has 1 aliphatic rings. The normalized spacial score (nSPS) is 16.8. The van der Waals surface area contributed by atoms with Crippen molar-refractivity contribution in [1.29, 1.82) is 0 Å². The molecule has 2 rings (SSSR count). The van der Waals surface area contributed by atoms with Crippen LogP contribution in [0.5, 0.6) is 0 Å². The molecule has 1 aliphatic heterocycles. The summed E-state index contributed by atoms with van der Waals surface area (Å²) in [5.41, 5.74) is 1.21. The number of hydrogen-bond acceptors (Lipinski definition) is 3. The summed E-state index contributed by atoms with van der Waals surface area (Å²) in [6.45, 7) is 4.13. The third-order valence-corrected chi connectivity index (χ3v) is 3.21. The average Bonchev–Trinajstić information content (AvgIpc) is 2.04. The molecule has 0 spiro atoms. The predicted octanol–water partition coefficient (Wildman–Crippen LogP) is 1.54. The van der Waals surface area contributed by atoms with Gasteiger partial charge in [-0.15, -0.1) is 0 Å². The Morgan fingerprint density at radius 1 is 1.62 bits per heavy atom. The summed E-state index contributed by atoms with van der Waals surface area (Å²) >= 11 is 3.52. The van der Waals surface area contributed by atoms with Gasteiger partial charge in [-0.05, 0) is 34.5 Å². The fourth-order valence-corrected chi connectivity index (χ4v) is 1.57. The number of pyridine rings is 1. The van der Waals surface area contributed by atoms with E-state index in [1.807, 2.05) is 12.3 Å². The third kappa shape index (κ3) is 1.84. The summed E-state index contributed by atoms with van der Waals surface area (Å²) in [5, 5.41) is 6.58. The van der Waals surface area contributed by atoms with E-state index in [1.165, 1.54) is 5.56 Å². The minimum Gasteiger partial charge on any atom is -0.364 e. The van der Waals surface area contributed by atoms with Crippen molar-refractivity contribution in [2.45, 2.75) is 13.0 Å². The van der Waals surface area contributed by atoms with Crippen LogP contribution in [0.3, 0.4) is 0 Å². The van der Waals surface area contributed by atoms with Gasteiger partial charge in [0.2, 0.25) is 0 Å². The van der Waals surface area contributed by atoms with Crippen molar-refractivity contribution in [2.24, 2.45) is 0 Å².